The van der Waals surface area contributed by atoms with E-state index in [1.807, 2.05) is 10.9 Å². The topological polar surface area (TPSA) is 30.7 Å². The Morgan fingerprint density at radius 3 is 2.94 bits per heavy atom. The van der Waals surface area contributed by atoms with Crippen LogP contribution in [0, 0.1) is 0 Å². The van der Waals surface area contributed by atoms with Crippen LogP contribution in [0.3, 0.4) is 0 Å². The van der Waals surface area contributed by atoms with Gasteiger partial charge in [0.25, 0.3) is 0 Å². The molecule has 0 spiro atoms. The van der Waals surface area contributed by atoms with Crippen molar-refractivity contribution in [2.75, 3.05) is 0 Å². The molecule has 0 atom stereocenters. The Labute approximate surface area is 103 Å². The molecular weight excluding hydrogens is 266 g/mol. The van der Waals surface area contributed by atoms with Gasteiger partial charge < -0.3 is 0 Å². The summed E-state index contributed by atoms with van der Waals surface area (Å²) in [6, 6.07) is 6.57. The molecule has 4 heteroatoms. The molecule has 0 bridgehead atoms. The fourth-order valence-corrected chi connectivity index (χ4v) is 2.44. The first-order chi connectivity index (χ1) is 7.86. The summed E-state index contributed by atoms with van der Waals surface area (Å²) in [5.41, 5.74) is 5.03. The molecule has 1 aliphatic carbocycles. The second kappa shape index (κ2) is 4.01. The quantitative estimate of drug-likeness (QED) is 0.791. The van der Waals surface area contributed by atoms with Gasteiger partial charge in [0.1, 0.15) is 0 Å². The second-order valence-electron chi connectivity index (χ2n) is 4.09. The van der Waals surface area contributed by atoms with Gasteiger partial charge in [-0.1, -0.05) is 27.2 Å². The van der Waals surface area contributed by atoms with Crippen LogP contribution in [0.1, 0.15) is 23.2 Å². The summed E-state index contributed by atoms with van der Waals surface area (Å²) in [6.07, 6.45) is 5.66. The molecule has 3 nitrogen and oxygen atoms in total. The molecular formula is C12H12BrN3. The zero-order valence-electron chi connectivity index (χ0n) is 8.86. The average Bonchev–Trinajstić information content (AvgIpc) is 2.96. The van der Waals surface area contributed by atoms with Crippen LogP contribution in [-0.4, -0.2) is 15.0 Å². The molecule has 1 aromatic heterocycles. The average molecular weight is 278 g/mol. The first-order valence-electron chi connectivity index (χ1n) is 5.46. The predicted octanol–water partition coefficient (Wildman–Crippen LogP) is 2.65. The zero-order chi connectivity index (χ0) is 11.0. The summed E-state index contributed by atoms with van der Waals surface area (Å²) in [5, 5.41) is 8.94. The number of aryl methyl sites for hydroxylation is 2. The molecule has 3 rings (SSSR count). The fourth-order valence-electron chi connectivity index (χ4n) is 2.19. The van der Waals surface area contributed by atoms with E-state index in [1.54, 1.807) is 0 Å². The maximum absolute atomic E-state index is 4.12. The van der Waals surface area contributed by atoms with E-state index >= 15 is 0 Å². The summed E-state index contributed by atoms with van der Waals surface area (Å²) < 4.78 is 1.84. The van der Waals surface area contributed by atoms with Gasteiger partial charge in [-0.25, -0.2) is 4.68 Å². The Balaban J connectivity index is 2.00. The minimum atomic E-state index is 0.748. The monoisotopic (exact) mass is 277 g/mol. The van der Waals surface area contributed by atoms with Gasteiger partial charge in [-0.2, -0.15) is 0 Å². The maximum atomic E-state index is 4.12. The molecule has 1 aliphatic rings. The van der Waals surface area contributed by atoms with Gasteiger partial charge in [0, 0.05) is 5.33 Å². The lowest BCUT2D eigenvalue weighted by Crippen LogP contribution is -1.96. The van der Waals surface area contributed by atoms with Crippen LogP contribution in [0.15, 0.2) is 24.4 Å². The molecule has 0 unspecified atom stereocenters. The largest absolute Gasteiger partial charge is 0.220 e. The molecule has 0 amide bonds. The van der Waals surface area contributed by atoms with Crippen LogP contribution in [0.5, 0.6) is 0 Å². The number of hydrogen-bond donors (Lipinski definition) is 0. The van der Waals surface area contributed by atoms with Crippen LogP contribution in [0.2, 0.25) is 0 Å². The highest BCUT2D eigenvalue weighted by molar-refractivity contribution is 9.08. The third-order valence-electron chi connectivity index (χ3n) is 3.02. The number of rotatable bonds is 2. The lowest BCUT2D eigenvalue weighted by Gasteiger charge is -2.03. The van der Waals surface area contributed by atoms with Crippen molar-refractivity contribution >= 4 is 15.9 Å². The Morgan fingerprint density at radius 2 is 2.12 bits per heavy atom. The normalized spacial score (nSPS) is 14.1. The van der Waals surface area contributed by atoms with E-state index in [2.05, 4.69) is 44.4 Å². The van der Waals surface area contributed by atoms with E-state index in [1.165, 1.54) is 30.4 Å². The first kappa shape index (κ1) is 10.0. The van der Waals surface area contributed by atoms with Crippen LogP contribution in [-0.2, 0) is 18.2 Å². The molecule has 82 valence electrons. The van der Waals surface area contributed by atoms with Gasteiger partial charge in [-0.3, -0.25) is 0 Å². The Kier molecular flexibility index (Phi) is 2.52. The summed E-state index contributed by atoms with van der Waals surface area (Å²) in [5.74, 6) is 0. The summed E-state index contributed by atoms with van der Waals surface area (Å²) in [4.78, 5) is 0. The molecule has 0 fully saturated rings. The van der Waals surface area contributed by atoms with E-state index in [-0.39, 0.29) is 0 Å². The predicted molar refractivity (Wildman–Crippen MR) is 66.0 cm³/mol. The minimum absolute atomic E-state index is 0.748. The van der Waals surface area contributed by atoms with Crippen molar-refractivity contribution in [3.05, 3.63) is 41.2 Å². The van der Waals surface area contributed by atoms with Crippen LogP contribution in [0.4, 0.5) is 0 Å². The smallest absolute Gasteiger partial charge is 0.0937 e. The van der Waals surface area contributed by atoms with E-state index < -0.39 is 0 Å². The standard InChI is InChI=1S/C12H12BrN3/c13-7-11-8-16(15-14-11)12-5-4-9-2-1-3-10(9)6-12/h4-6,8H,1-3,7H2. The number of aromatic nitrogens is 3. The number of alkyl halides is 1. The maximum Gasteiger partial charge on any atom is 0.0937 e. The lowest BCUT2D eigenvalue weighted by molar-refractivity contribution is 0.799. The van der Waals surface area contributed by atoms with E-state index in [9.17, 15) is 0 Å². The van der Waals surface area contributed by atoms with Crippen LogP contribution < -0.4 is 0 Å². The third kappa shape index (κ3) is 1.67. The molecule has 0 radical (unpaired) electrons. The van der Waals surface area contributed by atoms with Crippen molar-refractivity contribution in [2.45, 2.75) is 24.6 Å². The van der Waals surface area contributed by atoms with Crippen LogP contribution in [0.25, 0.3) is 5.69 Å². The highest BCUT2D eigenvalue weighted by atomic mass is 79.9. The molecule has 16 heavy (non-hydrogen) atoms. The van der Waals surface area contributed by atoms with Gasteiger partial charge in [-0.05, 0) is 42.5 Å². The fraction of sp³-hybridized carbons (Fsp3) is 0.333. The van der Waals surface area contributed by atoms with Gasteiger partial charge >= 0.3 is 0 Å². The third-order valence-corrected chi connectivity index (χ3v) is 3.60. The number of halogens is 1. The summed E-state index contributed by atoms with van der Waals surface area (Å²) in [6.45, 7) is 0. The SMILES string of the molecule is BrCc1cn(-c2ccc3c(c2)CCC3)nn1. The van der Waals surface area contributed by atoms with E-state index in [0.29, 0.717) is 0 Å². The van der Waals surface area contributed by atoms with Gasteiger partial charge in [0.15, 0.2) is 0 Å². The highest BCUT2D eigenvalue weighted by Gasteiger charge is 2.11. The Bertz CT molecular complexity index is 519. The molecule has 0 aliphatic heterocycles. The zero-order valence-corrected chi connectivity index (χ0v) is 10.4. The Morgan fingerprint density at radius 1 is 1.25 bits per heavy atom. The summed E-state index contributed by atoms with van der Waals surface area (Å²) >= 11 is 3.38. The number of benzene rings is 1. The molecule has 1 aromatic carbocycles. The summed E-state index contributed by atoms with van der Waals surface area (Å²) in [7, 11) is 0. The number of fused-ring (bicyclic) bond motifs is 1. The van der Waals surface area contributed by atoms with Crippen molar-refractivity contribution < 1.29 is 0 Å². The Hall–Kier alpha value is -1.16. The molecule has 0 saturated heterocycles. The minimum Gasteiger partial charge on any atom is -0.220 e. The van der Waals surface area contributed by atoms with Crippen molar-refractivity contribution in [3.8, 4) is 5.69 Å². The van der Waals surface area contributed by atoms with Gasteiger partial charge in [0.05, 0.1) is 17.6 Å². The van der Waals surface area contributed by atoms with E-state index in [4.69, 9.17) is 0 Å². The highest BCUT2D eigenvalue weighted by Crippen LogP contribution is 2.24. The first-order valence-corrected chi connectivity index (χ1v) is 6.58. The number of nitrogens with zero attached hydrogens (tertiary/aromatic N) is 3. The van der Waals surface area contributed by atoms with Crippen LogP contribution >= 0.6 is 15.9 Å². The van der Waals surface area contributed by atoms with Crippen molar-refractivity contribution in [1.29, 1.82) is 0 Å². The van der Waals surface area contributed by atoms with E-state index in [0.717, 1.165) is 16.7 Å². The van der Waals surface area contributed by atoms with Gasteiger partial charge in [0.2, 0.25) is 0 Å². The lowest BCUT2D eigenvalue weighted by atomic mass is 10.1. The molecule has 1 heterocycles. The van der Waals surface area contributed by atoms with Crippen molar-refractivity contribution in [1.82, 2.24) is 15.0 Å². The van der Waals surface area contributed by atoms with Gasteiger partial charge in [-0.15, -0.1) is 5.10 Å². The van der Waals surface area contributed by atoms with Crippen molar-refractivity contribution in [2.24, 2.45) is 0 Å². The molecule has 2 aromatic rings. The molecule has 0 N–H and O–H groups in total. The van der Waals surface area contributed by atoms with Crippen molar-refractivity contribution in [3.63, 3.8) is 0 Å². The second-order valence-corrected chi connectivity index (χ2v) is 4.66. The number of hydrogen-bond acceptors (Lipinski definition) is 2. The molecule has 0 saturated carbocycles.